The summed E-state index contributed by atoms with van der Waals surface area (Å²) in [5.41, 5.74) is 13.0. The first-order valence-electron chi connectivity index (χ1n) is 11.5. The second kappa shape index (κ2) is 8.80. The van der Waals surface area contributed by atoms with Crippen LogP contribution in [0.1, 0.15) is 0 Å². The van der Waals surface area contributed by atoms with Gasteiger partial charge in [-0.15, -0.1) is 0 Å². The molecular formula is C30H23N5. The van der Waals surface area contributed by atoms with Crippen molar-refractivity contribution in [2.24, 2.45) is 10.7 Å². The van der Waals surface area contributed by atoms with E-state index in [4.69, 9.17) is 5.73 Å². The van der Waals surface area contributed by atoms with E-state index in [9.17, 15) is 0 Å². The fourth-order valence-electron chi connectivity index (χ4n) is 4.58. The lowest BCUT2D eigenvalue weighted by Gasteiger charge is -2.10. The van der Waals surface area contributed by atoms with E-state index in [1.165, 1.54) is 28.0 Å². The summed E-state index contributed by atoms with van der Waals surface area (Å²) in [5.74, 6) is 0. The van der Waals surface area contributed by atoms with Crippen molar-refractivity contribution in [2.45, 2.75) is 0 Å². The van der Waals surface area contributed by atoms with Crippen LogP contribution in [0.25, 0.3) is 44.3 Å². The minimum Gasteiger partial charge on any atom is -0.405 e. The molecule has 35 heavy (non-hydrogen) atoms. The molecule has 4 aromatic carbocycles. The third kappa shape index (κ3) is 3.79. The molecule has 0 unspecified atom stereocenters. The van der Waals surface area contributed by atoms with E-state index in [1.807, 2.05) is 29.1 Å². The number of nitrogens with two attached hydrogens (primary N) is 1. The van der Waals surface area contributed by atoms with Gasteiger partial charge in [0.25, 0.3) is 0 Å². The van der Waals surface area contributed by atoms with Crippen LogP contribution in [0, 0.1) is 0 Å². The van der Waals surface area contributed by atoms with Crippen LogP contribution in [-0.2, 0) is 0 Å². The summed E-state index contributed by atoms with van der Waals surface area (Å²) in [5, 5.41) is 6.85. The molecule has 5 heteroatoms. The monoisotopic (exact) mass is 453 g/mol. The molecule has 0 fully saturated rings. The van der Waals surface area contributed by atoms with E-state index >= 15 is 0 Å². The molecule has 0 bridgehead atoms. The van der Waals surface area contributed by atoms with E-state index in [2.05, 4.69) is 93.5 Å². The Morgan fingerprint density at radius 2 is 1.54 bits per heavy atom. The van der Waals surface area contributed by atoms with Gasteiger partial charge >= 0.3 is 0 Å². The first-order chi connectivity index (χ1) is 17.3. The molecule has 0 saturated heterocycles. The lowest BCUT2D eigenvalue weighted by atomic mass is 10.0. The van der Waals surface area contributed by atoms with Gasteiger partial charge in [-0.25, -0.2) is 4.68 Å². The Balaban J connectivity index is 1.56. The van der Waals surface area contributed by atoms with Gasteiger partial charge in [-0.2, -0.15) is 5.10 Å². The molecule has 0 spiro atoms. The van der Waals surface area contributed by atoms with Crippen LogP contribution in [0.5, 0.6) is 0 Å². The molecule has 0 radical (unpaired) electrons. The van der Waals surface area contributed by atoms with Crippen molar-refractivity contribution in [3.63, 3.8) is 0 Å². The number of para-hydroxylation sites is 2. The predicted molar refractivity (Wildman–Crippen MR) is 145 cm³/mol. The van der Waals surface area contributed by atoms with Crippen LogP contribution in [-0.4, -0.2) is 20.6 Å². The Kier molecular flexibility index (Phi) is 5.20. The van der Waals surface area contributed by atoms with Gasteiger partial charge in [-0.05, 0) is 78.0 Å². The molecule has 6 rings (SSSR count). The minimum absolute atomic E-state index is 0.831. The molecule has 168 valence electrons. The maximum absolute atomic E-state index is 5.48. The predicted octanol–water partition coefficient (Wildman–Crippen LogP) is 6.81. The summed E-state index contributed by atoms with van der Waals surface area (Å²) < 4.78 is 4.17. The SMILES string of the molecule is NC=CC=Nc1cc(-c2ccc3c(c2)c2ccccc2n3-c2ccccc2)cc(-n2cccn2)c1. The number of aliphatic imine (C=N–C) groups is 1. The molecule has 0 aliphatic carbocycles. The number of allylic oxidation sites excluding steroid dienone is 1. The van der Waals surface area contributed by atoms with Crippen molar-refractivity contribution in [3.05, 3.63) is 122 Å². The van der Waals surface area contributed by atoms with Gasteiger partial charge in [0.2, 0.25) is 0 Å². The zero-order valence-corrected chi connectivity index (χ0v) is 19.0. The Hall–Kier alpha value is -4.90. The fourth-order valence-corrected chi connectivity index (χ4v) is 4.58. The number of nitrogens with zero attached hydrogens (tertiary/aromatic N) is 4. The molecule has 2 N–H and O–H groups in total. The third-order valence-electron chi connectivity index (χ3n) is 6.11. The number of rotatable bonds is 5. The fraction of sp³-hybridized carbons (Fsp3) is 0. The van der Waals surface area contributed by atoms with E-state index < -0.39 is 0 Å². The lowest BCUT2D eigenvalue weighted by Crippen LogP contribution is -1.95. The smallest absolute Gasteiger partial charge is 0.0673 e. The quantitative estimate of drug-likeness (QED) is 0.291. The normalized spacial score (nSPS) is 11.9. The van der Waals surface area contributed by atoms with Crippen LogP contribution in [0.15, 0.2) is 127 Å². The highest BCUT2D eigenvalue weighted by molar-refractivity contribution is 6.10. The van der Waals surface area contributed by atoms with Crippen molar-refractivity contribution in [2.75, 3.05) is 0 Å². The van der Waals surface area contributed by atoms with Crippen molar-refractivity contribution in [1.29, 1.82) is 0 Å². The second-order valence-corrected chi connectivity index (χ2v) is 8.27. The number of fused-ring (bicyclic) bond motifs is 3. The lowest BCUT2D eigenvalue weighted by molar-refractivity contribution is 0.881. The Morgan fingerprint density at radius 1 is 0.714 bits per heavy atom. The van der Waals surface area contributed by atoms with Crippen molar-refractivity contribution in [3.8, 4) is 22.5 Å². The van der Waals surface area contributed by atoms with Gasteiger partial charge < -0.3 is 10.3 Å². The van der Waals surface area contributed by atoms with Crippen LogP contribution in [0.2, 0.25) is 0 Å². The molecule has 6 aromatic rings. The molecule has 0 aliphatic heterocycles. The summed E-state index contributed by atoms with van der Waals surface area (Å²) in [7, 11) is 0. The number of benzene rings is 4. The molecule has 0 amide bonds. The van der Waals surface area contributed by atoms with E-state index in [1.54, 1.807) is 18.5 Å². The van der Waals surface area contributed by atoms with Gasteiger partial charge in [-0.3, -0.25) is 4.99 Å². The standard InChI is InChI=1S/C30H23N5/c31-14-6-15-32-24-18-23(19-26(21-24)34-17-7-16-33-34)22-12-13-30-28(20-22)27-10-4-5-11-29(27)35(30)25-8-2-1-3-9-25/h1-21H,31H2. The number of hydrogen-bond donors (Lipinski definition) is 1. The van der Waals surface area contributed by atoms with Gasteiger partial charge in [-0.1, -0.05) is 42.5 Å². The topological polar surface area (TPSA) is 61.1 Å². The van der Waals surface area contributed by atoms with Crippen LogP contribution in [0.4, 0.5) is 5.69 Å². The van der Waals surface area contributed by atoms with Gasteiger partial charge in [0.1, 0.15) is 0 Å². The highest BCUT2D eigenvalue weighted by Gasteiger charge is 2.13. The average molecular weight is 454 g/mol. The Labute approximate surface area is 203 Å². The molecule has 2 heterocycles. The maximum atomic E-state index is 5.48. The summed E-state index contributed by atoms with van der Waals surface area (Å²) in [6.07, 6.45) is 8.59. The van der Waals surface area contributed by atoms with Crippen LogP contribution < -0.4 is 5.73 Å². The van der Waals surface area contributed by atoms with E-state index in [0.717, 1.165) is 28.2 Å². The van der Waals surface area contributed by atoms with Crippen molar-refractivity contribution >= 4 is 33.7 Å². The average Bonchev–Trinajstić information content (AvgIpc) is 3.56. The molecule has 5 nitrogen and oxygen atoms in total. The minimum atomic E-state index is 0.831. The van der Waals surface area contributed by atoms with Crippen molar-refractivity contribution < 1.29 is 0 Å². The second-order valence-electron chi connectivity index (χ2n) is 8.27. The van der Waals surface area contributed by atoms with Crippen LogP contribution >= 0.6 is 0 Å². The van der Waals surface area contributed by atoms with Crippen LogP contribution in [0.3, 0.4) is 0 Å². The summed E-state index contributed by atoms with van der Waals surface area (Å²) in [6, 6.07) is 33.9. The highest BCUT2D eigenvalue weighted by Crippen LogP contribution is 2.36. The zero-order valence-electron chi connectivity index (χ0n) is 19.0. The summed E-state index contributed by atoms with van der Waals surface area (Å²) >= 11 is 0. The maximum Gasteiger partial charge on any atom is 0.0673 e. The number of hydrogen-bond acceptors (Lipinski definition) is 3. The molecule has 0 aliphatic rings. The van der Waals surface area contributed by atoms with Gasteiger partial charge in [0.05, 0.1) is 22.4 Å². The molecule has 0 saturated carbocycles. The highest BCUT2D eigenvalue weighted by atomic mass is 15.3. The van der Waals surface area contributed by atoms with Gasteiger partial charge in [0.15, 0.2) is 0 Å². The summed E-state index contributed by atoms with van der Waals surface area (Å²) in [6.45, 7) is 0. The van der Waals surface area contributed by atoms with E-state index in [-0.39, 0.29) is 0 Å². The van der Waals surface area contributed by atoms with E-state index in [0.29, 0.717) is 0 Å². The third-order valence-corrected chi connectivity index (χ3v) is 6.11. The summed E-state index contributed by atoms with van der Waals surface area (Å²) in [4.78, 5) is 4.57. The van der Waals surface area contributed by atoms with Gasteiger partial charge in [0, 0.05) is 35.1 Å². The molecule has 0 atom stereocenters. The Morgan fingerprint density at radius 3 is 2.37 bits per heavy atom. The van der Waals surface area contributed by atoms with Crippen molar-refractivity contribution in [1.82, 2.24) is 14.3 Å². The Bertz CT molecular complexity index is 1690. The molecule has 2 aromatic heterocycles. The number of aromatic nitrogens is 3. The first kappa shape index (κ1) is 20.7. The molecular weight excluding hydrogens is 430 g/mol. The zero-order chi connectivity index (χ0) is 23.6. The first-order valence-corrected chi connectivity index (χ1v) is 11.5. The largest absolute Gasteiger partial charge is 0.405 e.